The Labute approximate surface area is 120 Å². The van der Waals surface area contributed by atoms with Crippen molar-refractivity contribution in [3.8, 4) is 0 Å². The van der Waals surface area contributed by atoms with Gasteiger partial charge in [-0.1, -0.05) is 13.8 Å². The molecule has 2 atom stereocenters. The van der Waals surface area contributed by atoms with Crippen molar-refractivity contribution in [2.24, 2.45) is 22.2 Å². The lowest BCUT2D eigenvalue weighted by Gasteiger charge is -2.64. The molecule has 0 radical (unpaired) electrons. The first kappa shape index (κ1) is 12.7. The largest absolute Gasteiger partial charge is 0.472 e. The fraction of sp³-hybridized carbons (Fsp3) is 0.722. The number of furan rings is 1. The van der Waals surface area contributed by atoms with E-state index in [-0.39, 0.29) is 5.41 Å². The van der Waals surface area contributed by atoms with Gasteiger partial charge in [-0.3, -0.25) is 4.79 Å². The first-order valence-electron chi connectivity index (χ1n) is 7.95. The highest BCUT2D eigenvalue weighted by atomic mass is 16.3. The molecule has 1 heterocycles. The molecule has 2 nitrogen and oxygen atoms in total. The summed E-state index contributed by atoms with van der Waals surface area (Å²) < 4.78 is 5.12. The normalized spacial score (nSPS) is 45.8. The molecule has 0 spiro atoms. The van der Waals surface area contributed by atoms with Crippen LogP contribution in [0.3, 0.4) is 0 Å². The van der Waals surface area contributed by atoms with E-state index in [0.29, 0.717) is 23.0 Å². The molecule has 2 heteroatoms. The minimum absolute atomic E-state index is 0.0276. The van der Waals surface area contributed by atoms with Crippen molar-refractivity contribution in [3.63, 3.8) is 0 Å². The number of hydrogen-bond acceptors (Lipinski definition) is 2. The molecule has 2 unspecified atom stereocenters. The van der Waals surface area contributed by atoms with E-state index in [0.717, 1.165) is 30.7 Å². The predicted octanol–water partition coefficient (Wildman–Crippen LogP) is 4.39. The second-order valence-electron chi connectivity index (χ2n) is 8.64. The Morgan fingerprint density at radius 1 is 1.20 bits per heavy atom. The number of rotatable bonds is 3. The summed E-state index contributed by atoms with van der Waals surface area (Å²) in [5, 5.41) is 0. The van der Waals surface area contributed by atoms with Crippen LogP contribution in [0.25, 0.3) is 0 Å². The summed E-state index contributed by atoms with van der Waals surface area (Å²) in [5.41, 5.74) is 1.85. The standard InChI is InChI=1S/C18H24O2/c1-16-6-14-7-17(2,10-16)12-18(8-14,11-16)15(19)5-13-3-4-20-9-13/h3-4,9,14H,5-8,10-12H2,1-2H3. The Morgan fingerprint density at radius 3 is 2.45 bits per heavy atom. The van der Waals surface area contributed by atoms with Crippen molar-refractivity contribution in [2.45, 2.75) is 58.8 Å². The van der Waals surface area contributed by atoms with Crippen molar-refractivity contribution in [1.82, 2.24) is 0 Å². The van der Waals surface area contributed by atoms with Gasteiger partial charge in [0.25, 0.3) is 0 Å². The van der Waals surface area contributed by atoms with E-state index in [2.05, 4.69) is 13.8 Å². The van der Waals surface area contributed by atoms with Crippen LogP contribution in [0, 0.1) is 22.2 Å². The van der Waals surface area contributed by atoms with E-state index in [1.807, 2.05) is 6.07 Å². The molecular formula is C18H24O2. The van der Waals surface area contributed by atoms with Crippen molar-refractivity contribution in [1.29, 1.82) is 0 Å². The predicted molar refractivity (Wildman–Crippen MR) is 77.3 cm³/mol. The van der Waals surface area contributed by atoms with E-state index in [1.165, 1.54) is 19.3 Å². The van der Waals surface area contributed by atoms with E-state index < -0.39 is 0 Å². The van der Waals surface area contributed by atoms with Gasteiger partial charge in [0.1, 0.15) is 5.78 Å². The molecule has 0 saturated heterocycles. The summed E-state index contributed by atoms with van der Waals surface area (Å²) >= 11 is 0. The van der Waals surface area contributed by atoms with Crippen LogP contribution in [-0.2, 0) is 11.2 Å². The van der Waals surface area contributed by atoms with Gasteiger partial charge in [-0.25, -0.2) is 0 Å². The van der Waals surface area contributed by atoms with Crippen LogP contribution in [-0.4, -0.2) is 5.78 Å². The highest BCUT2D eigenvalue weighted by molar-refractivity contribution is 5.87. The summed E-state index contributed by atoms with van der Waals surface area (Å²) in [4.78, 5) is 13.0. The van der Waals surface area contributed by atoms with Crippen LogP contribution >= 0.6 is 0 Å². The molecule has 4 aliphatic carbocycles. The summed E-state index contributed by atoms with van der Waals surface area (Å²) in [7, 11) is 0. The average Bonchev–Trinajstić information content (AvgIpc) is 2.76. The Morgan fingerprint density at radius 2 is 1.90 bits per heavy atom. The maximum absolute atomic E-state index is 13.0. The Hall–Kier alpha value is -1.05. The monoisotopic (exact) mass is 272 g/mol. The Balaban J connectivity index is 1.65. The molecule has 0 aliphatic heterocycles. The first-order chi connectivity index (χ1) is 9.41. The SMILES string of the molecule is CC12CC3CC(C)(C1)CC(C(=O)Cc1ccoc1)(C3)C2. The van der Waals surface area contributed by atoms with Crippen LogP contribution in [0.1, 0.15) is 57.9 Å². The molecule has 4 saturated carbocycles. The Bertz CT molecular complexity index is 524. The van der Waals surface area contributed by atoms with Crippen molar-refractivity contribution >= 4 is 5.78 Å². The lowest BCUT2D eigenvalue weighted by atomic mass is 9.39. The summed E-state index contributed by atoms with van der Waals surface area (Å²) in [6, 6.07) is 1.93. The quantitative estimate of drug-likeness (QED) is 0.817. The van der Waals surface area contributed by atoms with Crippen LogP contribution in [0.15, 0.2) is 23.0 Å². The number of Topliss-reactive ketones (excluding diaryl/α,β-unsaturated/α-hetero) is 1. The van der Waals surface area contributed by atoms with Crippen molar-refractivity contribution in [3.05, 3.63) is 24.2 Å². The molecule has 1 aromatic rings. The van der Waals surface area contributed by atoms with Crippen molar-refractivity contribution < 1.29 is 9.21 Å². The molecule has 1 aromatic heterocycles. The van der Waals surface area contributed by atoms with Gasteiger partial charge in [0.05, 0.1) is 12.5 Å². The fourth-order valence-electron chi connectivity index (χ4n) is 6.52. The maximum Gasteiger partial charge on any atom is 0.143 e. The smallest absolute Gasteiger partial charge is 0.143 e. The van der Waals surface area contributed by atoms with Gasteiger partial charge in [-0.05, 0) is 66.9 Å². The number of carbonyl (C=O) groups is 1. The molecule has 0 aromatic carbocycles. The molecule has 5 rings (SSSR count). The average molecular weight is 272 g/mol. The van der Waals surface area contributed by atoms with Gasteiger partial charge in [-0.15, -0.1) is 0 Å². The molecular weight excluding hydrogens is 248 g/mol. The van der Waals surface area contributed by atoms with Gasteiger partial charge in [0, 0.05) is 11.8 Å². The van der Waals surface area contributed by atoms with E-state index in [1.54, 1.807) is 12.5 Å². The number of carbonyl (C=O) groups excluding carboxylic acids is 1. The van der Waals surface area contributed by atoms with Gasteiger partial charge in [0.15, 0.2) is 0 Å². The second-order valence-corrected chi connectivity index (χ2v) is 8.64. The van der Waals surface area contributed by atoms with E-state index in [4.69, 9.17) is 4.42 Å². The number of ketones is 1. The van der Waals surface area contributed by atoms with E-state index >= 15 is 0 Å². The van der Waals surface area contributed by atoms with Crippen LogP contribution < -0.4 is 0 Å². The topological polar surface area (TPSA) is 30.2 Å². The lowest BCUT2D eigenvalue weighted by Crippen LogP contribution is -2.57. The fourth-order valence-corrected chi connectivity index (χ4v) is 6.52. The van der Waals surface area contributed by atoms with Gasteiger partial charge >= 0.3 is 0 Å². The van der Waals surface area contributed by atoms with E-state index in [9.17, 15) is 4.79 Å². The van der Waals surface area contributed by atoms with Crippen LogP contribution in [0.2, 0.25) is 0 Å². The third kappa shape index (κ3) is 1.80. The molecule has 20 heavy (non-hydrogen) atoms. The summed E-state index contributed by atoms with van der Waals surface area (Å²) in [5.74, 6) is 1.26. The maximum atomic E-state index is 13.0. The number of hydrogen-bond donors (Lipinski definition) is 0. The molecule has 0 N–H and O–H groups in total. The highest BCUT2D eigenvalue weighted by Crippen LogP contribution is 2.69. The first-order valence-corrected chi connectivity index (χ1v) is 7.95. The zero-order valence-corrected chi connectivity index (χ0v) is 12.6. The van der Waals surface area contributed by atoms with Crippen LogP contribution in [0.4, 0.5) is 0 Å². The molecule has 4 bridgehead atoms. The second kappa shape index (κ2) is 3.78. The third-order valence-corrected chi connectivity index (χ3v) is 6.16. The molecule has 4 aliphatic rings. The molecule has 4 fully saturated rings. The molecule has 108 valence electrons. The minimum atomic E-state index is -0.0276. The third-order valence-electron chi connectivity index (χ3n) is 6.16. The molecule has 0 amide bonds. The van der Waals surface area contributed by atoms with Crippen LogP contribution in [0.5, 0.6) is 0 Å². The zero-order valence-electron chi connectivity index (χ0n) is 12.6. The van der Waals surface area contributed by atoms with Crippen molar-refractivity contribution in [2.75, 3.05) is 0 Å². The lowest BCUT2D eigenvalue weighted by molar-refractivity contribution is -0.167. The minimum Gasteiger partial charge on any atom is -0.472 e. The zero-order chi connectivity index (χ0) is 14.0. The Kier molecular flexibility index (Phi) is 2.39. The highest BCUT2D eigenvalue weighted by Gasteiger charge is 2.62. The van der Waals surface area contributed by atoms with Gasteiger partial charge in [-0.2, -0.15) is 0 Å². The van der Waals surface area contributed by atoms with Gasteiger partial charge < -0.3 is 4.42 Å². The van der Waals surface area contributed by atoms with Gasteiger partial charge in [0.2, 0.25) is 0 Å². The summed E-state index contributed by atoms with van der Waals surface area (Å²) in [6.07, 6.45) is 11.4. The summed E-state index contributed by atoms with van der Waals surface area (Å²) in [6.45, 7) is 4.85.